The standard InChI is InChI=1S/C13H11N3O2/c17-13-7-5-11(6-8-13)15-14-9-10-1-3-12(16-18)4-2-10/h1-9,15,17H/b14-9+. The van der Waals surface area contributed by atoms with E-state index in [4.69, 9.17) is 5.11 Å². The highest BCUT2D eigenvalue weighted by Crippen LogP contribution is 2.14. The Morgan fingerprint density at radius 1 is 1.00 bits per heavy atom. The molecular formula is C13H11N3O2. The van der Waals surface area contributed by atoms with Crippen molar-refractivity contribution < 1.29 is 5.11 Å². The van der Waals surface area contributed by atoms with Gasteiger partial charge >= 0.3 is 0 Å². The van der Waals surface area contributed by atoms with E-state index >= 15 is 0 Å². The summed E-state index contributed by atoms with van der Waals surface area (Å²) in [5.74, 6) is 0.210. The highest BCUT2D eigenvalue weighted by Gasteiger charge is 1.92. The van der Waals surface area contributed by atoms with Gasteiger partial charge in [0.05, 0.1) is 11.9 Å². The van der Waals surface area contributed by atoms with Gasteiger partial charge in [-0.05, 0) is 47.1 Å². The number of hydrogen-bond donors (Lipinski definition) is 2. The van der Waals surface area contributed by atoms with Gasteiger partial charge in [0.15, 0.2) is 0 Å². The van der Waals surface area contributed by atoms with E-state index in [9.17, 15) is 4.91 Å². The van der Waals surface area contributed by atoms with Crippen molar-refractivity contribution in [3.05, 3.63) is 59.0 Å². The Bertz CT molecular complexity index is 547. The minimum atomic E-state index is 0.210. The lowest BCUT2D eigenvalue weighted by atomic mass is 10.2. The predicted octanol–water partition coefficient (Wildman–Crippen LogP) is 3.24. The molecule has 0 aliphatic heterocycles. The fraction of sp³-hybridized carbons (Fsp3) is 0. The summed E-state index contributed by atoms with van der Waals surface area (Å²) >= 11 is 0. The predicted molar refractivity (Wildman–Crippen MR) is 71.2 cm³/mol. The SMILES string of the molecule is O=Nc1ccc(/C=N/Nc2ccc(O)cc2)cc1. The fourth-order valence-corrected chi connectivity index (χ4v) is 1.34. The Morgan fingerprint density at radius 2 is 1.67 bits per heavy atom. The van der Waals surface area contributed by atoms with Crippen LogP contribution >= 0.6 is 0 Å². The molecule has 0 spiro atoms. The molecule has 0 radical (unpaired) electrons. The van der Waals surface area contributed by atoms with Crippen LogP contribution in [0.1, 0.15) is 5.56 Å². The number of aromatic hydroxyl groups is 1. The Balaban J connectivity index is 1.98. The number of rotatable bonds is 4. The average molecular weight is 241 g/mol. The molecule has 0 amide bonds. The van der Waals surface area contributed by atoms with Crippen molar-refractivity contribution in [2.75, 3.05) is 5.43 Å². The summed E-state index contributed by atoms with van der Waals surface area (Å²) in [5.41, 5.74) is 4.84. The summed E-state index contributed by atoms with van der Waals surface area (Å²) in [7, 11) is 0. The minimum absolute atomic E-state index is 0.210. The monoisotopic (exact) mass is 241 g/mol. The van der Waals surface area contributed by atoms with Gasteiger partial charge in [-0.25, -0.2) is 0 Å². The first-order chi connectivity index (χ1) is 8.78. The van der Waals surface area contributed by atoms with Gasteiger partial charge in [0, 0.05) is 0 Å². The van der Waals surface area contributed by atoms with Crippen LogP contribution in [0.3, 0.4) is 0 Å². The molecule has 0 bridgehead atoms. The summed E-state index contributed by atoms with van der Waals surface area (Å²) in [4.78, 5) is 10.2. The maximum atomic E-state index is 10.2. The summed E-state index contributed by atoms with van der Waals surface area (Å²) in [5, 5.41) is 16.0. The molecule has 2 aromatic rings. The van der Waals surface area contributed by atoms with E-state index in [0.717, 1.165) is 11.3 Å². The molecule has 0 saturated heterocycles. The zero-order valence-corrected chi connectivity index (χ0v) is 9.45. The lowest BCUT2D eigenvalue weighted by Crippen LogP contribution is -1.89. The molecule has 0 aliphatic carbocycles. The van der Waals surface area contributed by atoms with Gasteiger partial charge in [-0.15, -0.1) is 4.91 Å². The molecule has 0 atom stereocenters. The molecule has 2 aromatic carbocycles. The van der Waals surface area contributed by atoms with Crippen molar-refractivity contribution >= 4 is 17.6 Å². The molecule has 0 heterocycles. The number of phenols is 1. The van der Waals surface area contributed by atoms with Crippen molar-refractivity contribution in [2.24, 2.45) is 10.3 Å². The van der Waals surface area contributed by atoms with Crippen molar-refractivity contribution in [1.82, 2.24) is 0 Å². The quantitative estimate of drug-likeness (QED) is 0.373. The van der Waals surface area contributed by atoms with Gasteiger partial charge in [0.2, 0.25) is 0 Å². The third kappa shape index (κ3) is 3.15. The van der Waals surface area contributed by atoms with E-state index in [2.05, 4.69) is 15.7 Å². The summed E-state index contributed by atoms with van der Waals surface area (Å²) < 4.78 is 0. The number of benzene rings is 2. The Hall–Kier alpha value is -2.69. The summed E-state index contributed by atoms with van der Waals surface area (Å²) in [6.07, 6.45) is 1.63. The van der Waals surface area contributed by atoms with Gasteiger partial charge in [0.1, 0.15) is 11.4 Å². The largest absolute Gasteiger partial charge is 0.508 e. The van der Waals surface area contributed by atoms with Crippen LogP contribution in [0.4, 0.5) is 11.4 Å². The van der Waals surface area contributed by atoms with E-state index in [1.165, 1.54) is 0 Å². The van der Waals surface area contributed by atoms with Gasteiger partial charge < -0.3 is 5.11 Å². The first-order valence-corrected chi connectivity index (χ1v) is 5.29. The first-order valence-electron chi connectivity index (χ1n) is 5.29. The molecule has 2 rings (SSSR count). The van der Waals surface area contributed by atoms with Crippen molar-refractivity contribution in [2.45, 2.75) is 0 Å². The molecule has 0 fully saturated rings. The topological polar surface area (TPSA) is 74.0 Å². The van der Waals surface area contributed by atoms with Crippen LogP contribution in [0.2, 0.25) is 0 Å². The molecule has 0 aliphatic rings. The number of hydrogen-bond acceptors (Lipinski definition) is 5. The van der Waals surface area contributed by atoms with E-state index < -0.39 is 0 Å². The second-order valence-electron chi connectivity index (χ2n) is 3.60. The minimum Gasteiger partial charge on any atom is -0.508 e. The smallest absolute Gasteiger partial charge is 0.115 e. The first kappa shape index (κ1) is 11.8. The zero-order valence-electron chi connectivity index (χ0n) is 9.45. The lowest BCUT2D eigenvalue weighted by Gasteiger charge is -1.99. The van der Waals surface area contributed by atoms with Crippen LogP contribution in [0.25, 0.3) is 0 Å². The number of nitrogens with zero attached hydrogens (tertiary/aromatic N) is 2. The number of nitroso groups, excluding NO2 is 1. The molecular weight excluding hydrogens is 230 g/mol. The summed E-state index contributed by atoms with van der Waals surface area (Å²) in [6, 6.07) is 13.3. The van der Waals surface area contributed by atoms with Crippen LogP contribution < -0.4 is 5.43 Å². The Morgan fingerprint density at radius 3 is 2.28 bits per heavy atom. The van der Waals surface area contributed by atoms with Gasteiger partial charge in [-0.3, -0.25) is 5.43 Å². The van der Waals surface area contributed by atoms with Crippen LogP contribution in [-0.4, -0.2) is 11.3 Å². The van der Waals surface area contributed by atoms with Crippen LogP contribution in [0.5, 0.6) is 5.75 Å². The van der Waals surface area contributed by atoms with Crippen LogP contribution in [-0.2, 0) is 0 Å². The van der Waals surface area contributed by atoms with E-state index in [-0.39, 0.29) is 5.75 Å². The second kappa shape index (κ2) is 5.58. The van der Waals surface area contributed by atoms with Crippen molar-refractivity contribution in [3.8, 4) is 5.75 Å². The second-order valence-corrected chi connectivity index (χ2v) is 3.60. The normalized spacial score (nSPS) is 10.4. The molecule has 5 nitrogen and oxygen atoms in total. The fourth-order valence-electron chi connectivity index (χ4n) is 1.34. The lowest BCUT2D eigenvalue weighted by molar-refractivity contribution is 0.475. The van der Waals surface area contributed by atoms with Gasteiger partial charge in [-0.1, -0.05) is 12.1 Å². The third-order valence-corrected chi connectivity index (χ3v) is 2.27. The number of anilines is 1. The van der Waals surface area contributed by atoms with Gasteiger partial charge in [0.25, 0.3) is 0 Å². The van der Waals surface area contributed by atoms with E-state index in [0.29, 0.717) is 5.69 Å². The maximum absolute atomic E-state index is 10.2. The third-order valence-electron chi connectivity index (χ3n) is 2.27. The van der Waals surface area contributed by atoms with Crippen LogP contribution in [0.15, 0.2) is 58.8 Å². The highest BCUT2D eigenvalue weighted by molar-refractivity contribution is 5.80. The molecule has 0 saturated carbocycles. The van der Waals surface area contributed by atoms with Gasteiger partial charge in [-0.2, -0.15) is 5.10 Å². The summed E-state index contributed by atoms with van der Waals surface area (Å²) in [6.45, 7) is 0. The Kier molecular flexibility index (Phi) is 3.66. The zero-order chi connectivity index (χ0) is 12.8. The molecule has 2 N–H and O–H groups in total. The number of hydrazone groups is 1. The average Bonchev–Trinajstić information content (AvgIpc) is 2.42. The Labute approximate surface area is 104 Å². The number of nitrogens with one attached hydrogen (secondary N) is 1. The molecule has 0 unspecified atom stereocenters. The molecule has 90 valence electrons. The molecule has 18 heavy (non-hydrogen) atoms. The van der Waals surface area contributed by atoms with Crippen molar-refractivity contribution in [1.29, 1.82) is 0 Å². The maximum Gasteiger partial charge on any atom is 0.115 e. The van der Waals surface area contributed by atoms with Crippen molar-refractivity contribution in [3.63, 3.8) is 0 Å². The number of phenolic OH excluding ortho intramolecular Hbond substituents is 1. The van der Waals surface area contributed by atoms with Crippen LogP contribution in [0, 0.1) is 4.91 Å². The van der Waals surface area contributed by atoms with E-state index in [1.807, 2.05) is 0 Å². The molecule has 0 aromatic heterocycles. The van der Waals surface area contributed by atoms with E-state index in [1.54, 1.807) is 54.7 Å². The highest BCUT2D eigenvalue weighted by atomic mass is 16.3. The molecule has 5 heteroatoms.